The molecule has 0 atom stereocenters. The fraction of sp³-hybridized carbons (Fsp3) is 0.167. The lowest BCUT2D eigenvalue weighted by molar-refractivity contribution is 1.11. The molecule has 0 spiro atoms. The van der Waals surface area contributed by atoms with E-state index in [0.717, 1.165) is 22.8 Å². The van der Waals surface area contributed by atoms with Crippen molar-refractivity contribution in [1.82, 2.24) is 4.98 Å². The summed E-state index contributed by atoms with van der Waals surface area (Å²) in [6, 6.07) is 15.0. The Kier molecular flexibility index (Phi) is 4.02. The minimum absolute atomic E-state index is 0.841. The van der Waals surface area contributed by atoms with Crippen LogP contribution in [0.5, 0.6) is 0 Å². The maximum absolute atomic E-state index is 4.36. The summed E-state index contributed by atoms with van der Waals surface area (Å²) in [4.78, 5) is 4.36. The molecule has 2 aromatic carbocycles. The Bertz CT molecular complexity index is 733. The molecule has 2 nitrogen and oxygen atoms in total. The van der Waals surface area contributed by atoms with Crippen molar-refractivity contribution in [3.05, 3.63) is 70.7 Å². The van der Waals surface area contributed by atoms with E-state index in [1.165, 1.54) is 16.7 Å². The first-order valence-corrected chi connectivity index (χ1v) is 7.90. The summed E-state index contributed by atoms with van der Waals surface area (Å²) in [6.07, 6.45) is 1.84. The predicted octanol–water partition coefficient (Wildman–Crippen LogP) is 5.04. The Labute approximate surface area is 129 Å². The molecule has 0 radical (unpaired) electrons. The number of hydrogen-bond donors (Lipinski definition) is 1. The van der Waals surface area contributed by atoms with E-state index in [1.807, 2.05) is 11.6 Å². The van der Waals surface area contributed by atoms with Gasteiger partial charge >= 0.3 is 0 Å². The summed E-state index contributed by atoms with van der Waals surface area (Å²) in [5, 5.41) is 6.57. The molecule has 0 aliphatic rings. The number of aromatic nitrogens is 1. The van der Waals surface area contributed by atoms with Crippen LogP contribution in [0.3, 0.4) is 0 Å². The van der Waals surface area contributed by atoms with Crippen molar-refractivity contribution in [3.8, 4) is 10.6 Å². The first kappa shape index (κ1) is 13.8. The molecular weight excluding hydrogens is 276 g/mol. The van der Waals surface area contributed by atoms with Crippen LogP contribution in [0, 0.1) is 13.8 Å². The molecule has 0 bridgehead atoms. The third-order valence-electron chi connectivity index (χ3n) is 3.52. The fourth-order valence-electron chi connectivity index (χ4n) is 2.37. The SMILES string of the molecule is Cc1ccc(CNc2cccc(-c3nccs3)c2)c(C)c1. The maximum atomic E-state index is 4.36. The largest absolute Gasteiger partial charge is 0.381 e. The molecule has 106 valence electrons. The maximum Gasteiger partial charge on any atom is 0.123 e. The minimum atomic E-state index is 0.841. The van der Waals surface area contributed by atoms with Gasteiger partial charge in [0.1, 0.15) is 5.01 Å². The average molecular weight is 294 g/mol. The number of nitrogens with one attached hydrogen (secondary N) is 1. The summed E-state index contributed by atoms with van der Waals surface area (Å²) in [5.41, 5.74) is 6.26. The second kappa shape index (κ2) is 6.10. The second-order valence-corrected chi connectivity index (χ2v) is 6.10. The van der Waals surface area contributed by atoms with Gasteiger partial charge in [0, 0.05) is 29.4 Å². The van der Waals surface area contributed by atoms with Gasteiger partial charge in [0.05, 0.1) is 0 Å². The van der Waals surface area contributed by atoms with Gasteiger partial charge in [0.15, 0.2) is 0 Å². The molecular formula is C18H18N2S. The zero-order chi connectivity index (χ0) is 14.7. The van der Waals surface area contributed by atoms with E-state index >= 15 is 0 Å². The van der Waals surface area contributed by atoms with Crippen LogP contribution in [0.2, 0.25) is 0 Å². The molecule has 0 aliphatic carbocycles. The number of hydrogen-bond acceptors (Lipinski definition) is 3. The van der Waals surface area contributed by atoms with Gasteiger partial charge in [-0.15, -0.1) is 11.3 Å². The summed E-state index contributed by atoms with van der Waals surface area (Å²) >= 11 is 1.66. The van der Waals surface area contributed by atoms with Gasteiger partial charge < -0.3 is 5.32 Å². The van der Waals surface area contributed by atoms with Crippen LogP contribution in [-0.4, -0.2) is 4.98 Å². The summed E-state index contributed by atoms with van der Waals surface area (Å²) in [5.74, 6) is 0. The van der Waals surface area contributed by atoms with Gasteiger partial charge in [-0.05, 0) is 37.1 Å². The van der Waals surface area contributed by atoms with E-state index in [9.17, 15) is 0 Å². The number of anilines is 1. The smallest absolute Gasteiger partial charge is 0.123 e. The molecule has 3 heteroatoms. The van der Waals surface area contributed by atoms with Crippen molar-refractivity contribution in [3.63, 3.8) is 0 Å². The number of aryl methyl sites for hydroxylation is 2. The fourth-order valence-corrected chi connectivity index (χ4v) is 3.01. The molecule has 0 saturated carbocycles. The Morgan fingerprint density at radius 3 is 2.76 bits per heavy atom. The quantitative estimate of drug-likeness (QED) is 0.729. The normalized spacial score (nSPS) is 10.6. The lowest BCUT2D eigenvalue weighted by atomic mass is 10.1. The number of rotatable bonds is 4. The predicted molar refractivity (Wildman–Crippen MR) is 90.8 cm³/mol. The Morgan fingerprint density at radius 2 is 2.00 bits per heavy atom. The highest BCUT2D eigenvalue weighted by Gasteiger charge is 2.02. The van der Waals surface area contributed by atoms with Gasteiger partial charge in [0.2, 0.25) is 0 Å². The molecule has 3 rings (SSSR count). The van der Waals surface area contributed by atoms with E-state index in [-0.39, 0.29) is 0 Å². The molecule has 1 aromatic heterocycles. The molecule has 0 unspecified atom stereocenters. The van der Waals surface area contributed by atoms with Crippen molar-refractivity contribution in [2.75, 3.05) is 5.32 Å². The van der Waals surface area contributed by atoms with Gasteiger partial charge in [-0.2, -0.15) is 0 Å². The molecule has 0 aliphatic heterocycles. The molecule has 21 heavy (non-hydrogen) atoms. The first-order chi connectivity index (χ1) is 10.2. The molecule has 1 N–H and O–H groups in total. The topological polar surface area (TPSA) is 24.9 Å². The van der Waals surface area contributed by atoms with Crippen LogP contribution < -0.4 is 5.32 Å². The molecule has 0 saturated heterocycles. The van der Waals surface area contributed by atoms with Gasteiger partial charge in [-0.1, -0.05) is 35.9 Å². The van der Waals surface area contributed by atoms with Crippen LogP contribution in [0.15, 0.2) is 54.0 Å². The van der Waals surface area contributed by atoms with E-state index in [2.05, 4.69) is 66.6 Å². The lowest BCUT2D eigenvalue weighted by Gasteiger charge is -2.10. The molecule has 1 heterocycles. The van der Waals surface area contributed by atoms with Crippen molar-refractivity contribution >= 4 is 17.0 Å². The van der Waals surface area contributed by atoms with Crippen molar-refractivity contribution < 1.29 is 0 Å². The average Bonchev–Trinajstić information content (AvgIpc) is 3.01. The highest BCUT2D eigenvalue weighted by Crippen LogP contribution is 2.24. The Balaban J connectivity index is 1.75. The number of benzene rings is 2. The third kappa shape index (κ3) is 3.31. The standard InChI is InChI=1S/C18H18N2S/c1-13-6-7-16(14(2)10-13)12-20-17-5-3-4-15(11-17)18-19-8-9-21-18/h3-11,20H,12H2,1-2H3. The van der Waals surface area contributed by atoms with E-state index in [4.69, 9.17) is 0 Å². The van der Waals surface area contributed by atoms with Gasteiger partial charge in [-0.25, -0.2) is 4.98 Å². The van der Waals surface area contributed by atoms with Crippen molar-refractivity contribution in [1.29, 1.82) is 0 Å². The van der Waals surface area contributed by atoms with E-state index in [1.54, 1.807) is 11.3 Å². The van der Waals surface area contributed by atoms with Crippen LogP contribution in [0.1, 0.15) is 16.7 Å². The first-order valence-electron chi connectivity index (χ1n) is 7.02. The van der Waals surface area contributed by atoms with E-state index < -0.39 is 0 Å². The van der Waals surface area contributed by atoms with Gasteiger partial charge in [0.25, 0.3) is 0 Å². The summed E-state index contributed by atoms with van der Waals surface area (Å²) < 4.78 is 0. The number of thiazole rings is 1. The lowest BCUT2D eigenvalue weighted by Crippen LogP contribution is -2.01. The zero-order valence-corrected chi connectivity index (χ0v) is 13.1. The highest BCUT2D eigenvalue weighted by atomic mass is 32.1. The van der Waals surface area contributed by atoms with Crippen molar-refractivity contribution in [2.45, 2.75) is 20.4 Å². The number of nitrogens with zero attached hydrogens (tertiary/aromatic N) is 1. The zero-order valence-electron chi connectivity index (χ0n) is 12.3. The molecule has 3 aromatic rings. The van der Waals surface area contributed by atoms with Crippen LogP contribution >= 0.6 is 11.3 Å². The van der Waals surface area contributed by atoms with Crippen LogP contribution in [0.4, 0.5) is 5.69 Å². The second-order valence-electron chi connectivity index (χ2n) is 5.20. The van der Waals surface area contributed by atoms with Crippen LogP contribution in [-0.2, 0) is 6.54 Å². The van der Waals surface area contributed by atoms with E-state index in [0.29, 0.717) is 0 Å². The molecule has 0 fully saturated rings. The van der Waals surface area contributed by atoms with Gasteiger partial charge in [-0.3, -0.25) is 0 Å². The highest BCUT2D eigenvalue weighted by molar-refractivity contribution is 7.13. The summed E-state index contributed by atoms with van der Waals surface area (Å²) in [7, 11) is 0. The summed E-state index contributed by atoms with van der Waals surface area (Å²) in [6.45, 7) is 5.13. The molecule has 0 amide bonds. The monoisotopic (exact) mass is 294 g/mol. The van der Waals surface area contributed by atoms with Crippen LogP contribution in [0.25, 0.3) is 10.6 Å². The van der Waals surface area contributed by atoms with Crippen molar-refractivity contribution in [2.24, 2.45) is 0 Å². The minimum Gasteiger partial charge on any atom is -0.381 e. The Morgan fingerprint density at radius 1 is 1.10 bits per heavy atom. The Hall–Kier alpha value is -2.13. The third-order valence-corrected chi connectivity index (χ3v) is 4.35.